The molecule has 2 heterocycles. The smallest absolute Gasteiger partial charge is 0.231 e. The molecule has 2 aliphatic rings. The zero-order valence-electron chi connectivity index (χ0n) is 18.2. The molecular weight excluding hydrogens is 422 g/mol. The van der Waals surface area contributed by atoms with Gasteiger partial charge in [-0.25, -0.2) is 0 Å². The number of halogens is 1. The van der Waals surface area contributed by atoms with Crippen molar-refractivity contribution in [3.05, 3.63) is 95.6 Å². The van der Waals surface area contributed by atoms with Crippen LogP contribution in [0.4, 0.5) is 0 Å². The van der Waals surface area contributed by atoms with E-state index in [1.807, 2.05) is 6.07 Å². The normalized spacial score (nSPS) is 17.8. The van der Waals surface area contributed by atoms with Crippen molar-refractivity contribution in [3.63, 3.8) is 0 Å². The van der Waals surface area contributed by atoms with Gasteiger partial charge in [0.15, 0.2) is 11.5 Å². The Hall–Kier alpha value is -2.53. The molecule has 0 N–H and O–H groups in total. The average molecular weight is 452 g/mol. The Labute approximate surface area is 196 Å². The van der Waals surface area contributed by atoms with Crippen LogP contribution in [0.3, 0.4) is 0 Å². The van der Waals surface area contributed by atoms with Crippen LogP contribution in [-0.4, -0.2) is 37.4 Å². The van der Waals surface area contributed by atoms with Gasteiger partial charge >= 0.3 is 0 Å². The Morgan fingerprint density at radius 3 is 2.28 bits per heavy atom. The highest BCUT2D eigenvalue weighted by Gasteiger charge is 2.25. The van der Waals surface area contributed by atoms with Gasteiger partial charge in [0.1, 0.15) is 6.10 Å². The second-order valence-corrected chi connectivity index (χ2v) is 8.34. The summed E-state index contributed by atoms with van der Waals surface area (Å²) in [5.74, 6) is 1.72. The third-order valence-corrected chi connectivity index (χ3v) is 6.15. The fourth-order valence-electron chi connectivity index (χ4n) is 4.51. The van der Waals surface area contributed by atoms with Crippen molar-refractivity contribution in [3.8, 4) is 11.5 Å². The van der Waals surface area contributed by atoms with Crippen LogP contribution in [0.25, 0.3) is 0 Å². The third kappa shape index (κ3) is 5.44. The highest BCUT2D eigenvalue weighted by molar-refractivity contribution is 5.85. The van der Waals surface area contributed by atoms with E-state index in [4.69, 9.17) is 14.2 Å². The van der Waals surface area contributed by atoms with E-state index in [9.17, 15) is 0 Å². The van der Waals surface area contributed by atoms with Gasteiger partial charge in [0.05, 0.1) is 6.10 Å². The molecule has 0 radical (unpaired) electrons. The van der Waals surface area contributed by atoms with E-state index in [-0.39, 0.29) is 24.6 Å². The lowest BCUT2D eigenvalue weighted by Crippen LogP contribution is -2.41. The van der Waals surface area contributed by atoms with Crippen LogP contribution in [0.15, 0.2) is 78.9 Å². The van der Waals surface area contributed by atoms with E-state index >= 15 is 0 Å². The Bertz CT molecular complexity index is 943. The zero-order chi connectivity index (χ0) is 20.9. The quantitative estimate of drug-likeness (QED) is 0.464. The fourth-order valence-corrected chi connectivity index (χ4v) is 4.51. The molecule has 0 amide bonds. The number of rotatable bonds is 7. The molecule has 0 saturated carbocycles. The molecule has 1 atom stereocenters. The van der Waals surface area contributed by atoms with Crippen LogP contribution < -0.4 is 9.47 Å². The van der Waals surface area contributed by atoms with Gasteiger partial charge < -0.3 is 19.1 Å². The van der Waals surface area contributed by atoms with Gasteiger partial charge in [0.2, 0.25) is 6.79 Å². The minimum absolute atomic E-state index is 0. The van der Waals surface area contributed by atoms with Crippen LogP contribution in [0.2, 0.25) is 0 Å². The van der Waals surface area contributed by atoms with Crippen molar-refractivity contribution >= 4 is 12.4 Å². The summed E-state index contributed by atoms with van der Waals surface area (Å²) < 4.78 is 17.7. The standard InChI is InChI=1S/C27H29NO3.ClH/c1-3-8-22(9-4-1)27(23-10-5-2-6-11-23)31-24-12-7-16-28(19-24)17-15-21-13-14-25-26(18-21)30-20-29-25;/h1-6,8-11,13-14,18,24,27H,7,12,15-17,19-20H2;1H/t24-;/m1./s1. The average Bonchev–Trinajstić information content (AvgIpc) is 3.31. The van der Waals surface area contributed by atoms with Crippen molar-refractivity contribution in [2.75, 3.05) is 26.4 Å². The maximum atomic E-state index is 6.73. The van der Waals surface area contributed by atoms with Crippen molar-refractivity contribution in [2.24, 2.45) is 0 Å². The van der Waals surface area contributed by atoms with Crippen molar-refractivity contribution in [1.82, 2.24) is 4.90 Å². The lowest BCUT2D eigenvalue weighted by molar-refractivity contribution is -0.0330. The Morgan fingerprint density at radius 1 is 0.875 bits per heavy atom. The predicted octanol–water partition coefficient (Wildman–Crippen LogP) is 5.65. The minimum Gasteiger partial charge on any atom is -0.454 e. The number of nitrogens with zero attached hydrogens (tertiary/aromatic N) is 1. The highest BCUT2D eigenvalue weighted by Crippen LogP contribution is 2.33. The maximum Gasteiger partial charge on any atom is 0.231 e. The van der Waals surface area contributed by atoms with Crippen LogP contribution in [0, 0.1) is 0 Å². The van der Waals surface area contributed by atoms with E-state index < -0.39 is 0 Å². The number of likely N-dealkylation sites (tertiary alicyclic amines) is 1. The van der Waals surface area contributed by atoms with Gasteiger partial charge in [0, 0.05) is 13.1 Å². The van der Waals surface area contributed by atoms with E-state index in [1.54, 1.807) is 0 Å². The van der Waals surface area contributed by atoms with Crippen molar-refractivity contribution in [2.45, 2.75) is 31.5 Å². The summed E-state index contributed by atoms with van der Waals surface area (Å²) in [6, 6.07) is 27.4. The van der Waals surface area contributed by atoms with E-state index in [2.05, 4.69) is 77.7 Å². The van der Waals surface area contributed by atoms with Crippen LogP contribution in [0.1, 0.15) is 35.6 Å². The molecule has 168 valence electrons. The van der Waals surface area contributed by atoms with Crippen molar-refractivity contribution in [1.29, 1.82) is 0 Å². The Kier molecular flexibility index (Phi) is 7.69. The fraction of sp³-hybridized carbons (Fsp3) is 0.333. The number of piperidine rings is 1. The minimum atomic E-state index is -0.0267. The summed E-state index contributed by atoms with van der Waals surface area (Å²) in [5.41, 5.74) is 3.72. The summed E-state index contributed by atoms with van der Waals surface area (Å²) in [7, 11) is 0. The van der Waals surface area contributed by atoms with Gasteiger partial charge in [0.25, 0.3) is 0 Å². The number of ether oxygens (including phenoxy) is 3. The summed E-state index contributed by atoms with van der Waals surface area (Å²) in [6.07, 6.45) is 3.49. The Morgan fingerprint density at radius 2 is 1.56 bits per heavy atom. The molecule has 0 spiro atoms. The lowest BCUT2D eigenvalue weighted by Gasteiger charge is -2.35. The van der Waals surface area contributed by atoms with Crippen LogP contribution >= 0.6 is 12.4 Å². The topological polar surface area (TPSA) is 30.9 Å². The van der Waals surface area contributed by atoms with E-state index in [0.717, 1.165) is 44.0 Å². The first kappa shape index (κ1) is 22.7. The molecule has 1 fully saturated rings. The summed E-state index contributed by atoms with van der Waals surface area (Å²) >= 11 is 0. The number of hydrogen-bond donors (Lipinski definition) is 0. The van der Waals surface area contributed by atoms with Crippen molar-refractivity contribution < 1.29 is 14.2 Å². The summed E-state index contributed by atoms with van der Waals surface area (Å²) in [5, 5.41) is 0. The molecule has 5 heteroatoms. The van der Waals surface area contributed by atoms with E-state index in [1.165, 1.54) is 23.1 Å². The van der Waals surface area contributed by atoms with Gasteiger partial charge in [-0.3, -0.25) is 0 Å². The monoisotopic (exact) mass is 451 g/mol. The molecule has 5 rings (SSSR count). The van der Waals surface area contributed by atoms with Gasteiger partial charge in [-0.05, 0) is 54.6 Å². The predicted molar refractivity (Wildman–Crippen MR) is 129 cm³/mol. The first-order chi connectivity index (χ1) is 15.3. The molecule has 0 aromatic heterocycles. The molecule has 4 nitrogen and oxygen atoms in total. The summed E-state index contributed by atoms with van der Waals surface area (Å²) in [6.45, 7) is 3.46. The van der Waals surface area contributed by atoms with Gasteiger partial charge in [-0.2, -0.15) is 0 Å². The summed E-state index contributed by atoms with van der Waals surface area (Å²) in [4.78, 5) is 2.53. The van der Waals surface area contributed by atoms with Gasteiger partial charge in [-0.1, -0.05) is 66.7 Å². The second kappa shape index (κ2) is 10.9. The first-order valence-corrected chi connectivity index (χ1v) is 11.2. The first-order valence-electron chi connectivity index (χ1n) is 11.2. The molecule has 1 saturated heterocycles. The van der Waals surface area contributed by atoms with Gasteiger partial charge in [-0.15, -0.1) is 12.4 Å². The SMILES string of the molecule is Cl.c1ccc(C(O[C@@H]2CCCN(CCc3ccc4c(c3)OCO4)C2)c2ccccc2)cc1. The van der Waals surface area contributed by atoms with Crippen LogP contribution in [0.5, 0.6) is 11.5 Å². The molecular formula is C27H30ClNO3. The zero-order valence-corrected chi connectivity index (χ0v) is 19.0. The largest absolute Gasteiger partial charge is 0.454 e. The molecule has 0 aliphatic carbocycles. The third-order valence-electron chi connectivity index (χ3n) is 6.15. The number of fused-ring (bicyclic) bond motifs is 1. The highest BCUT2D eigenvalue weighted by atomic mass is 35.5. The maximum absolute atomic E-state index is 6.73. The van der Waals surface area contributed by atoms with E-state index in [0.29, 0.717) is 6.79 Å². The molecule has 0 bridgehead atoms. The number of hydrogen-bond acceptors (Lipinski definition) is 4. The molecule has 3 aromatic rings. The number of benzene rings is 3. The molecule has 0 unspecified atom stereocenters. The molecule has 2 aliphatic heterocycles. The molecule has 3 aromatic carbocycles. The lowest BCUT2D eigenvalue weighted by atomic mass is 10.00. The molecule has 32 heavy (non-hydrogen) atoms. The van der Waals surface area contributed by atoms with Crippen LogP contribution in [-0.2, 0) is 11.2 Å². The second-order valence-electron chi connectivity index (χ2n) is 8.34. The Balaban J connectivity index is 0.00000245.